The zero-order valence-corrected chi connectivity index (χ0v) is 14.4. The second-order valence-corrected chi connectivity index (χ2v) is 7.13. The third kappa shape index (κ3) is 5.40. The number of carbonyl (C=O) groups is 1. The number of hydrogen-bond acceptors (Lipinski definition) is 5. The maximum Gasteiger partial charge on any atom is 0.407 e. The zero-order valence-electron chi connectivity index (χ0n) is 14.4. The van der Waals surface area contributed by atoms with Crippen LogP contribution in [0.2, 0.25) is 0 Å². The minimum absolute atomic E-state index is 0.00821. The van der Waals surface area contributed by atoms with Crippen LogP contribution in [0.3, 0.4) is 0 Å². The van der Waals surface area contributed by atoms with E-state index >= 15 is 0 Å². The van der Waals surface area contributed by atoms with Gasteiger partial charge in [-0.3, -0.25) is 10.1 Å². The zero-order chi connectivity index (χ0) is 17.7. The fraction of sp³-hybridized carbons (Fsp3) is 0.588. The Bertz CT molecular complexity index is 598. The average Bonchev–Trinajstić information content (AvgIpc) is 2.45. The summed E-state index contributed by atoms with van der Waals surface area (Å²) in [5, 5.41) is 17.2. The molecule has 2 atom stereocenters. The van der Waals surface area contributed by atoms with Crippen LogP contribution >= 0.6 is 0 Å². The molecular formula is C17H25N3O4. The summed E-state index contributed by atoms with van der Waals surface area (Å²) in [5.74, 6) is 0. The fourth-order valence-corrected chi connectivity index (χ4v) is 2.90. The predicted octanol–water partition coefficient (Wildman–Crippen LogP) is 3.84. The Labute approximate surface area is 141 Å². The van der Waals surface area contributed by atoms with Crippen molar-refractivity contribution in [2.24, 2.45) is 0 Å². The van der Waals surface area contributed by atoms with E-state index in [9.17, 15) is 14.9 Å². The maximum atomic E-state index is 11.9. The minimum Gasteiger partial charge on any atom is -0.444 e. The van der Waals surface area contributed by atoms with Gasteiger partial charge < -0.3 is 15.4 Å². The van der Waals surface area contributed by atoms with Crippen LogP contribution in [0.4, 0.5) is 16.2 Å². The summed E-state index contributed by atoms with van der Waals surface area (Å²) >= 11 is 0. The number of nitrogens with one attached hydrogen (secondary N) is 2. The molecule has 0 unspecified atom stereocenters. The van der Waals surface area contributed by atoms with E-state index in [4.69, 9.17) is 4.74 Å². The normalized spacial score (nSPS) is 21.0. The lowest BCUT2D eigenvalue weighted by atomic mass is 9.91. The first kappa shape index (κ1) is 18.0. The number of ether oxygens (including phenoxy) is 1. The van der Waals surface area contributed by atoms with Crippen LogP contribution in [0.1, 0.15) is 46.5 Å². The third-order valence-electron chi connectivity index (χ3n) is 3.86. The van der Waals surface area contributed by atoms with Crippen molar-refractivity contribution in [2.75, 3.05) is 5.32 Å². The quantitative estimate of drug-likeness (QED) is 0.644. The van der Waals surface area contributed by atoms with E-state index < -0.39 is 11.7 Å². The molecule has 132 valence electrons. The van der Waals surface area contributed by atoms with Crippen molar-refractivity contribution in [1.29, 1.82) is 0 Å². The first-order valence-corrected chi connectivity index (χ1v) is 8.24. The Morgan fingerprint density at radius 3 is 2.58 bits per heavy atom. The third-order valence-corrected chi connectivity index (χ3v) is 3.86. The van der Waals surface area contributed by atoms with E-state index in [-0.39, 0.29) is 22.7 Å². The Kier molecular flexibility index (Phi) is 5.64. The van der Waals surface area contributed by atoms with Gasteiger partial charge in [-0.15, -0.1) is 0 Å². The van der Waals surface area contributed by atoms with E-state index in [1.807, 2.05) is 20.8 Å². The molecule has 1 fully saturated rings. The van der Waals surface area contributed by atoms with Gasteiger partial charge in [-0.05, 0) is 52.5 Å². The second-order valence-electron chi connectivity index (χ2n) is 7.13. The van der Waals surface area contributed by atoms with Gasteiger partial charge in [-0.2, -0.15) is 0 Å². The highest BCUT2D eigenvalue weighted by atomic mass is 16.6. The summed E-state index contributed by atoms with van der Waals surface area (Å²) in [6.07, 6.45) is 3.04. The lowest BCUT2D eigenvalue weighted by Crippen LogP contribution is -2.43. The summed E-state index contributed by atoms with van der Waals surface area (Å²) < 4.78 is 5.28. The molecule has 0 aliphatic heterocycles. The molecule has 1 aromatic rings. The largest absolute Gasteiger partial charge is 0.444 e. The molecule has 0 spiro atoms. The number of anilines is 1. The van der Waals surface area contributed by atoms with E-state index in [0.29, 0.717) is 12.1 Å². The molecule has 0 bridgehead atoms. The Morgan fingerprint density at radius 1 is 1.25 bits per heavy atom. The molecule has 2 N–H and O–H groups in total. The smallest absolute Gasteiger partial charge is 0.407 e. The number of nitro benzene ring substituents is 1. The Balaban J connectivity index is 1.94. The van der Waals surface area contributed by atoms with Gasteiger partial charge in [-0.25, -0.2) is 4.79 Å². The standard InChI is InChI=1S/C17H25N3O4/c1-17(2,3)24-16(21)19-13-8-6-7-12(11-13)18-14-9-4-5-10-15(14)20(22)23/h4-5,9-10,12-13,18H,6-8,11H2,1-3H3,(H,19,21)/t12-,13+/m0/s1. The van der Waals surface area contributed by atoms with E-state index in [1.165, 1.54) is 6.07 Å². The molecule has 1 aliphatic carbocycles. The molecule has 2 rings (SSSR count). The van der Waals surface area contributed by atoms with E-state index in [0.717, 1.165) is 19.3 Å². The van der Waals surface area contributed by atoms with Crippen molar-refractivity contribution < 1.29 is 14.5 Å². The van der Waals surface area contributed by atoms with Crippen LogP contribution in [0.15, 0.2) is 24.3 Å². The molecule has 1 amide bonds. The predicted molar refractivity (Wildman–Crippen MR) is 92.1 cm³/mol. The van der Waals surface area contributed by atoms with Crippen molar-refractivity contribution in [1.82, 2.24) is 5.32 Å². The molecule has 7 heteroatoms. The molecular weight excluding hydrogens is 310 g/mol. The molecule has 0 heterocycles. The SMILES string of the molecule is CC(C)(C)OC(=O)N[C@@H]1CCC[C@H](Nc2ccccc2[N+](=O)[O-])C1. The second kappa shape index (κ2) is 7.51. The van der Waals surface area contributed by atoms with Crippen molar-refractivity contribution >= 4 is 17.5 Å². The van der Waals surface area contributed by atoms with Gasteiger partial charge in [0.05, 0.1) is 4.92 Å². The first-order valence-electron chi connectivity index (χ1n) is 8.24. The van der Waals surface area contributed by atoms with Crippen LogP contribution < -0.4 is 10.6 Å². The number of para-hydroxylation sites is 2. The monoisotopic (exact) mass is 335 g/mol. The molecule has 1 aromatic carbocycles. The fourth-order valence-electron chi connectivity index (χ4n) is 2.90. The van der Waals surface area contributed by atoms with Crippen molar-refractivity contribution in [3.63, 3.8) is 0 Å². The van der Waals surface area contributed by atoms with Gasteiger partial charge in [0.1, 0.15) is 11.3 Å². The maximum absolute atomic E-state index is 11.9. The minimum atomic E-state index is -0.527. The molecule has 1 saturated carbocycles. The van der Waals surface area contributed by atoms with Crippen molar-refractivity contribution in [3.8, 4) is 0 Å². The number of amides is 1. The van der Waals surface area contributed by atoms with Crippen LogP contribution in [0.5, 0.6) is 0 Å². The van der Waals surface area contributed by atoms with Gasteiger partial charge in [0, 0.05) is 18.2 Å². The van der Waals surface area contributed by atoms with Gasteiger partial charge in [0.2, 0.25) is 0 Å². The summed E-state index contributed by atoms with van der Waals surface area (Å²) in [6, 6.07) is 6.71. The van der Waals surface area contributed by atoms with Crippen LogP contribution in [-0.2, 0) is 4.74 Å². The Morgan fingerprint density at radius 2 is 1.92 bits per heavy atom. The van der Waals surface area contributed by atoms with Gasteiger partial charge in [0.25, 0.3) is 5.69 Å². The lowest BCUT2D eigenvalue weighted by molar-refractivity contribution is -0.384. The molecule has 0 radical (unpaired) electrons. The number of carbonyl (C=O) groups excluding carboxylic acids is 1. The number of hydrogen-bond donors (Lipinski definition) is 2. The highest BCUT2D eigenvalue weighted by Crippen LogP contribution is 2.28. The molecule has 1 aliphatic rings. The summed E-state index contributed by atoms with van der Waals surface area (Å²) in [6.45, 7) is 5.48. The van der Waals surface area contributed by atoms with E-state index in [1.54, 1.807) is 18.2 Å². The van der Waals surface area contributed by atoms with Gasteiger partial charge in [0.15, 0.2) is 0 Å². The molecule has 0 aromatic heterocycles. The summed E-state index contributed by atoms with van der Waals surface area (Å²) in [4.78, 5) is 22.6. The number of alkyl carbamates (subject to hydrolysis) is 1. The summed E-state index contributed by atoms with van der Waals surface area (Å²) in [5.41, 5.74) is 0.0614. The van der Waals surface area contributed by atoms with Crippen LogP contribution in [0.25, 0.3) is 0 Å². The number of nitro groups is 1. The average molecular weight is 335 g/mol. The first-order chi connectivity index (χ1) is 11.2. The number of nitrogens with zero attached hydrogens (tertiary/aromatic N) is 1. The molecule has 24 heavy (non-hydrogen) atoms. The van der Waals surface area contributed by atoms with Gasteiger partial charge >= 0.3 is 6.09 Å². The number of rotatable bonds is 4. The molecule has 0 saturated heterocycles. The lowest BCUT2D eigenvalue weighted by Gasteiger charge is -2.31. The van der Waals surface area contributed by atoms with Crippen LogP contribution in [-0.4, -0.2) is 28.7 Å². The number of benzene rings is 1. The van der Waals surface area contributed by atoms with Crippen molar-refractivity contribution in [2.45, 2.75) is 64.1 Å². The summed E-state index contributed by atoms with van der Waals surface area (Å²) in [7, 11) is 0. The highest BCUT2D eigenvalue weighted by molar-refractivity contribution is 5.68. The molecule has 7 nitrogen and oxygen atoms in total. The highest BCUT2D eigenvalue weighted by Gasteiger charge is 2.26. The van der Waals surface area contributed by atoms with E-state index in [2.05, 4.69) is 10.6 Å². The Hall–Kier alpha value is -2.31. The van der Waals surface area contributed by atoms with Crippen molar-refractivity contribution in [3.05, 3.63) is 34.4 Å². The topological polar surface area (TPSA) is 93.5 Å². The van der Waals surface area contributed by atoms with Gasteiger partial charge in [-0.1, -0.05) is 12.1 Å². The van der Waals surface area contributed by atoms with Crippen LogP contribution in [0, 0.1) is 10.1 Å².